The van der Waals surface area contributed by atoms with Crippen molar-refractivity contribution < 1.29 is 14.6 Å². The summed E-state index contributed by atoms with van der Waals surface area (Å²) in [5.41, 5.74) is 1.76. The lowest BCUT2D eigenvalue weighted by Crippen LogP contribution is -2.18. The summed E-state index contributed by atoms with van der Waals surface area (Å²) in [7, 11) is 0. The van der Waals surface area contributed by atoms with Crippen molar-refractivity contribution in [2.24, 2.45) is 0 Å². The molecule has 0 saturated carbocycles. The van der Waals surface area contributed by atoms with E-state index in [2.05, 4.69) is 13.8 Å². The highest BCUT2D eigenvalue weighted by atomic mass is 16.5. The van der Waals surface area contributed by atoms with Crippen LogP contribution in [-0.2, 0) is 4.79 Å². The van der Waals surface area contributed by atoms with Crippen molar-refractivity contribution in [1.29, 1.82) is 0 Å². The lowest BCUT2D eigenvalue weighted by Gasteiger charge is -2.16. The Bertz CT molecular complexity index is 576. The van der Waals surface area contributed by atoms with Crippen molar-refractivity contribution in [1.82, 2.24) is 0 Å². The van der Waals surface area contributed by atoms with Crippen LogP contribution in [0.15, 0.2) is 54.6 Å². The standard InChI is InChI=1S/C17H18O3/c1-12(2)14-9-6-10-15(11-14)20-16(17(18)19)13-7-4-3-5-8-13/h3-12,16H,1-2H3,(H,18,19). The highest BCUT2D eigenvalue weighted by Gasteiger charge is 2.21. The van der Waals surface area contributed by atoms with Crippen LogP contribution in [0.25, 0.3) is 0 Å². The molecule has 0 saturated heterocycles. The molecular formula is C17H18O3. The number of carbonyl (C=O) groups is 1. The second-order valence-corrected chi connectivity index (χ2v) is 4.97. The number of rotatable bonds is 5. The maximum Gasteiger partial charge on any atom is 0.349 e. The number of carboxylic acids is 1. The molecule has 0 spiro atoms. The van der Waals surface area contributed by atoms with Crippen LogP contribution >= 0.6 is 0 Å². The third-order valence-corrected chi connectivity index (χ3v) is 3.11. The molecule has 0 radical (unpaired) electrons. The molecule has 3 nitrogen and oxygen atoms in total. The van der Waals surface area contributed by atoms with Crippen LogP contribution in [0, 0.1) is 0 Å². The van der Waals surface area contributed by atoms with Crippen LogP contribution in [0.3, 0.4) is 0 Å². The van der Waals surface area contributed by atoms with E-state index in [9.17, 15) is 9.90 Å². The highest BCUT2D eigenvalue weighted by Crippen LogP contribution is 2.25. The van der Waals surface area contributed by atoms with Gasteiger partial charge in [0.25, 0.3) is 0 Å². The molecule has 0 heterocycles. The Labute approximate surface area is 118 Å². The van der Waals surface area contributed by atoms with Crippen LogP contribution in [0.5, 0.6) is 5.75 Å². The minimum absolute atomic E-state index is 0.374. The van der Waals surface area contributed by atoms with Gasteiger partial charge in [0.15, 0.2) is 0 Å². The van der Waals surface area contributed by atoms with Gasteiger partial charge < -0.3 is 9.84 Å². The fourth-order valence-electron chi connectivity index (χ4n) is 1.97. The molecule has 0 aliphatic carbocycles. The topological polar surface area (TPSA) is 46.5 Å². The van der Waals surface area contributed by atoms with Gasteiger partial charge in [0.05, 0.1) is 0 Å². The molecule has 0 aliphatic rings. The van der Waals surface area contributed by atoms with E-state index in [1.54, 1.807) is 30.3 Å². The molecule has 0 bridgehead atoms. The van der Waals surface area contributed by atoms with Crippen molar-refractivity contribution in [2.45, 2.75) is 25.9 Å². The minimum atomic E-state index is -0.994. The zero-order valence-electron chi connectivity index (χ0n) is 11.6. The molecule has 0 fully saturated rings. The van der Waals surface area contributed by atoms with Gasteiger partial charge in [0.1, 0.15) is 5.75 Å². The smallest absolute Gasteiger partial charge is 0.349 e. The second-order valence-electron chi connectivity index (χ2n) is 4.97. The largest absolute Gasteiger partial charge is 0.478 e. The predicted molar refractivity (Wildman–Crippen MR) is 78.0 cm³/mol. The summed E-state index contributed by atoms with van der Waals surface area (Å²) in [6, 6.07) is 16.5. The van der Waals surface area contributed by atoms with E-state index in [0.717, 1.165) is 5.56 Å². The van der Waals surface area contributed by atoms with Crippen LogP contribution in [0.1, 0.15) is 37.0 Å². The van der Waals surface area contributed by atoms with Crippen molar-refractivity contribution in [3.63, 3.8) is 0 Å². The number of ether oxygens (including phenoxy) is 1. The Morgan fingerprint density at radius 3 is 2.25 bits per heavy atom. The van der Waals surface area contributed by atoms with Gasteiger partial charge in [0, 0.05) is 5.56 Å². The van der Waals surface area contributed by atoms with Crippen LogP contribution < -0.4 is 4.74 Å². The summed E-state index contributed by atoms with van der Waals surface area (Å²) in [6.07, 6.45) is -0.987. The summed E-state index contributed by atoms with van der Waals surface area (Å²) in [5, 5.41) is 9.34. The molecule has 0 aromatic heterocycles. The van der Waals surface area contributed by atoms with E-state index in [4.69, 9.17) is 4.74 Å². The lowest BCUT2D eigenvalue weighted by atomic mass is 10.0. The maximum absolute atomic E-state index is 11.4. The maximum atomic E-state index is 11.4. The molecule has 2 aromatic rings. The number of aliphatic carboxylic acids is 1. The normalized spacial score (nSPS) is 12.2. The first-order chi connectivity index (χ1) is 9.58. The minimum Gasteiger partial charge on any atom is -0.478 e. The van der Waals surface area contributed by atoms with E-state index in [1.807, 2.05) is 24.3 Å². The fourth-order valence-corrected chi connectivity index (χ4v) is 1.97. The Balaban J connectivity index is 2.25. The number of benzene rings is 2. The number of hydrogen-bond acceptors (Lipinski definition) is 2. The lowest BCUT2D eigenvalue weighted by molar-refractivity contribution is -0.145. The number of carboxylic acid groups (broad SMARTS) is 1. The first-order valence-corrected chi connectivity index (χ1v) is 6.62. The van der Waals surface area contributed by atoms with E-state index >= 15 is 0 Å². The average Bonchev–Trinajstić information content (AvgIpc) is 2.45. The van der Waals surface area contributed by atoms with Gasteiger partial charge >= 0.3 is 5.97 Å². The highest BCUT2D eigenvalue weighted by molar-refractivity contribution is 5.74. The molecule has 20 heavy (non-hydrogen) atoms. The summed E-state index contributed by atoms with van der Waals surface area (Å²) in [4.78, 5) is 11.4. The number of hydrogen-bond donors (Lipinski definition) is 1. The van der Waals surface area contributed by atoms with Crippen molar-refractivity contribution in [2.75, 3.05) is 0 Å². The third-order valence-electron chi connectivity index (χ3n) is 3.11. The van der Waals surface area contributed by atoms with Crippen LogP contribution in [0.4, 0.5) is 0 Å². The molecule has 2 rings (SSSR count). The average molecular weight is 270 g/mol. The van der Waals surface area contributed by atoms with Crippen molar-refractivity contribution in [3.8, 4) is 5.75 Å². The molecule has 1 atom stereocenters. The van der Waals surface area contributed by atoms with Crippen molar-refractivity contribution in [3.05, 3.63) is 65.7 Å². The summed E-state index contributed by atoms with van der Waals surface area (Å²) in [5.74, 6) is -0.0443. The second kappa shape index (κ2) is 6.24. The van der Waals surface area contributed by atoms with Crippen LogP contribution in [-0.4, -0.2) is 11.1 Å². The van der Waals surface area contributed by atoms with Gasteiger partial charge in [-0.15, -0.1) is 0 Å². The van der Waals surface area contributed by atoms with Crippen LogP contribution in [0.2, 0.25) is 0 Å². The first kappa shape index (κ1) is 14.1. The summed E-state index contributed by atoms with van der Waals surface area (Å²) >= 11 is 0. The SMILES string of the molecule is CC(C)c1cccc(OC(C(=O)O)c2ccccc2)c1. The Morgan fingerprint density at radius 1 is 1.00 bits per heavy atom. The third kappa shape index (κ3) is 3.38. The first-order valence-electron chi connectivity index (χ1n) is 6.62. The summed E-state index contributed by atoms with van der Waals surface area (Å²) in [6.45, 7) is 4.18. The van der Waals surface area contributed by atoms with E-state index in [1.165, 1.54) is 0 Å². The van der Waals surface area contributed by atoms with Gasteiger partial charge in [-0.1, -0.05) is 56.3 Å². The fraction of sp³-hybridized carbons (Fsp3) is 0.235. The zero-order chi connectivity index (χ0) is 14.5. The van der Waals surface area contributed by atoms with Gasteiger partial charge in [-0.05, 0) is 23.6 Å². The molecule has 2 aromatic carbocycles. The molecule has 104 valence electrons. The molecular weight excluding hydrogens is 252 g/mol. The van der Waals surface area contributed by atoms with Gasteiger partial charge in [0.2, 0.25) is 6.10 Å². The Kier molecular flexibility index (Phi) is 4.41. The molecule has 0 aliphatic heterocycles. The van der Waals surface area contributed by atoms with Crippen molar-refractivity contribution >= 4 is 5.97 Å². The monoisotopic (exact) mass is 270 g/mol. The van der Waals surface area contributed by atoms with Gasteiger partial charge in [-0.25, -0.2) is 4.79 Å². The summed E-state index contributed by atoms with van der Waals surface area (Å²) < 4.78 is 5.65. The van der Waals surface area contributed by atoms with Gasteiger partial charge in [-0.2, -0.15) is 0 Å². The quantitative estimate of drug-likeness (QED) is 0.892. The molecule has 1 unspecified atom stereocenters. The van der Waals surface area contributed by atoms with Gasteiger partial charge in [-0.3, -0.25) is 0 Å². The van der Waals surface area contributed by atoms with E-state index in [-0.39, 0.29) is 0 Å². The van der Waals surface area contributed by atoms with E-state index < -0.39 is 12.1 Å². The van der Waals surface area contributed by atoms with E-state index in [0.29, 0.717) is 17.2 Å². The molecule has 1 N–H and O–H groups in total. The molecule has 3 heteroatoms. The Hall–Kier alpha value is -2.29. The Morgan fingerprint density at radius 2 is 1.65 bits per heavy atom. The predicted octanol–water partition coefficient (Wildman–Crippen LogP) is 4.01. The molecule has 0 amide bonds. The zero-order valence-corrected chi connectivity index (χ0v) is 11.6.